The van der Waals surface area contributed by atoms with E-state index >= 15 is 0 Å². The number of halogens is 1. The third-order valence-corrected chi connectivity index (χ3v) is 4.51. The minimum atomic E-state index is -0.600. The molecular formula is C13H21IO5. The van der Waals surface area contributed by atoms with Crippen LogP contribution in [0.4, 0.5) is 0 Å². The molecule has 6 heteroatoms. The largest absolute Gasteiger partial charge is 0.458 e. The predicted molar refractivity (Wildman–Crippen MR) is 77.9 cm³/mol. The third-order valence-electron chi connectivity index (χ3n) is 2.97. The fourth-order valence-corrected chi connectivity index (χ4v) is 2.82. The lowest BCUT2D eigenvalue weighted by Crippen LogP contribution is -2.50. The van der Waals surface area contributed by atoms with Crippen LogP contribution in [0.1, 0.15) is 40.5 Å². The summed E-state index contributed by atoms with van der Waals surface area (Å²) < 4.78 is 10.4. The number of aliphatic hydroxyl groups is 1. The summed E-state index contributed by atoms with van der Waals surface area (Å²) in [6, 6.07) is 0. The Hall–Kier alpha value is -0.370. The molecule has 1 rings (SSSR count). The first kappa shape index (κ1) is 16.7. The molecule has 1 fully saturated rings. The summed E-state index contributed by atoms with van der Waals surface area (Å²) in [5.74, 6) is -0.757. The SMILES string of the molecule is CC(=O)O[C@H]1[C@@H](I)[C@H](O)CC[C@H]1OC(=O)C(C)(C)C. The standard InChI is InChI=1S/C13H21IO5/c1-7(15)18-11-9(6-5-8(16)10(11)14)19-12(17)13(2,3)4/h8-11,16H,5-6H2,1-4H3/t8-,9-,10+,11-/m1/s1. The van der Waals surface area contributed by atoms with Crippen molar-refractivity contribution >= 4 is 34.5 Å². The monoisotopic (exact) mass is 384 g/mol. The van der Waals surface area contributed by atoms with E-state index in [2.05, 4.69) is 0 Å². The van der Waals surface area contributed by atoms with Crippen LogP contribution in [0.2, 0.25) is 0 Å². The van der Waals surface area contributed by atoms with E-state index in [1.165, 1.54) is 6.92 Å². The second-order valence-electron chi connectivity index (χ2n) is 5.86. The van der Waals surface area contributed by atoms with E-state index in [1.54, 1.807) is 20.8 Å². The van der Waals surface area contributed by atoms with Gasteiger partial charge in [-0.15, -0.1) is 0 Å². The van der Waals surface area contributed by atoms with Crippen LogP contribution in [-0.2, 0) is 19.1 Å². The van der Waals surface area contributed by atoms with Crippen molar-refractivity contribution in [2.45, 2.75) is 62.8 Å². The molecule has 110 valence electrons. The van der Waals surface area contributed by atoms with Crippen molar-refractivity contribution in [3.63, 3.8) is 0 Å². The van der Waals surface area contributed by atoms with Crippen molar-refractivity contribution in [3.8, 4) is 0 Å². The van der Waals surface area contributed by atoms with Crippen LogP contribution in [0.3, 0.4) is 0 Å². The van der Waals surface area contributed by atoms with E-state index in [0.29, 0.717) is 12.8 Å². The molecule has 1 saturated carbocycles. The number of hydrogen-bond acceptors (Lipinski definition) is 5. The predicted octanol–water partition coefficient (Wildman–Crippen LogP) is 1.83. The van der Waals surface area contributed by atoms with E-state index in [1.807, 2.05) is 22.6 Å². The Morgan fingerprint density at radius 3 is 2.26 bits per heavy atom. The number of aliphatic hydroxyl groups excluding tert-OH is 1. The summed E-state index contributed by atoms with van der Waals surface area (Å²) in [5, 5.41) is 9.83. The quantitative estimate of drug-likeness (QED) is 0.447. The molecule has 5 nitrogen and oxygen atoms in total. The van der Waals surface area contributed by atoms with Gasteiger partial charge in [-0.05, 0) is 33.6 Å². The maximum absolute atomic E-state index is 11.9. The van der Waals surface area contributed by atoms with Crippen molar-refractivity contribution in [3.05, 3.63) is 0 Å². The van der Waals surface area contributed by atoms with Gasteiger partial charge in [-0.25, -0.2) is 0 Å². The lowest BCUT2D eigenvalue weighted by molar-refractivity contribution is -0.178. The first-order valence-electron chi connectivity index (χ1n) is 6.33. The van der Waals surface area contributed by atoms with Crippen LogP contribution in [0.5, 0.6) is 0 Å². The van der Waals surface area contributed by atoms with E-state index in [9.17, 15) is 14.7 Å². The molecule has 1 N–H and O–H groups in total. The average molecular weight is 384 g/mol. The van der Waals surface area contributed by atoms with Crippen molar-refractivity contribution in [2.75, 3.05) is 0 Å². The van der Waals surface area contributed by atoms with Gasteiger partial charge in [0.1, 0.15) is 6.10 Å². The van der Waals surface area contributed by atoms with Gasteiger partial charge in [0, 0.05) is 6.92 Å². The number of hydrogen-bond donors (Lipinski definition) is 1. The summed E-state index contributed by atoms with van der Waals surface area (Å²) in [6.07, 6.45) is -0.586. The van der Waals surface area contributed by atoms with Crippen LogP contribution < -0.4 is 0 Å². The number of carbonyl (C=O) groups is 2. The molecule has 0 spiro atoms. The Bertz CT molecular complexity index is 349. The summed E-state index contributed by atoms with van der Waals surface area (Å²) in [7, 11) is 0. The molecule has 0 heterocycles. The number of alkyl halides is 1. The topological polar surface area (TPSA) is 72.8 Å². The maximum Gasteiger partial charge on any atom is 0.311 e. The third kappa shape index (κ3) is 4.59. The fraction of sp³-hybridized carbons (Fsp3) is 0.846. The average Bonchev–Trinajstić information content (AvgIpc) is 2.26. The zero-order chi connectivity index (χ0) is 14.8. The zero-order valence-corrected chi connectivity index (χ0v) is 13.8. The van der Waals surface area contributed by atoms with Crippen LogP contribution in [0.25, 0.3) is 0 Å². The van der Waals surface area contributed by atoms with E-state index < -0.39 is 29.7 Å². The minimum absolute atomic E-state index is 0.270. The van der Waals surface area contributed by atoms with Gasteiger partial charge in [-0.3, -0.25) is 9.59 Å². The molecule has 0 aliphatic heterocycles. The highest BCUT2D eigenvalue weighted by Crippen LogP contribution is 2.31. The Labute approximate surface area is 127 Å². The van der Waals surface area contributed by atoms with Gasteiger partial charge in [0.2, 0.25) is 0 Å². The molecule has 0 aromatic heterocycles. The van der Waals surface area contributed by atoms with Gasteiger partial charge in [-0.2, -0.15) is 0 Å². The van der Waals surface area contributed by atoms with Crippen LogP contribution in [0.15, 0.2) is 0 Å². The smallest absolute Gasteiger partial charge is 0.311 e. The van der Waals surface area contributed by atoms with Crippen LogP contribution in [-0.4, -0.2) is 39.3 Å². The summed E-state index contributed by atoms with van der Waals surface area (Å²) in [5.41, 5.74) is -0.600. The van der Waals surface area contributed by atoms with Gasteiger partial charge >= 0.3 is 11.9 Å². The molecule has 0 radical (unpaired) electrons. The molecule has 1 aliphatic rings. The molecule has 0 saturated heterocycles. The zero-order valence-electron chi connectivity index (χ0n) is 11.7. The normalized spacial score (nSPS) is 31.7. The first-order valence-corrected chi connectivity index (χ1v) is 7.58. The molecule has 0 unspecified atom stereocenters. The van der Waals surface area contributed by atoms with Crippen molar-refractivity contribution in [1.29, 1.82) is 0 Å². The van der Waals surface area contributed by atoms with Gasteiger partial charge in [0.05, 0.1) is 15.4 Å². The molecule has 0 bridgehead atoms. The highest BCUT2D eigenvalue weighted by Gasteiger charge is 2.42. The van der Waals surface area contributed by atoms with E-state index in [0.717, 1.165) is 0 Å². The molecule has 0 aromatic rings. The Balaban J connectivity index is 2.78. The lowest BCUT2D eigenvalue weighted by Gasteiger charge is -2.37. The number of esters is 2. The molecular weight excluding hydrogens is 363 g/mol. The number of ether oxygens (including phenoxy) is 2. The van der Waals surface area contributed by atoms with Crippen molar-refractivity contribution in [1.82, 2.24) is 0 Å². The van der Waals surface area contributed by atoms with Gasteiger partial charge < -0.3 is 14.6 Å². The van der Waals surface area contributed by atoms with E-state index in [4.69, 9.17) is 9.47 Å². The minimum Gasteiger partial charge on any atom is -0.458 e. The highest BCUT2D eigenvalue weighted by molar-refractivity contribution is 14.1. The summed E-state index contributed by atoms with van der Waals surface area (Å²) in [6.45, 7) is 6.63. The molecule has 4 atom stereocenters. The first-order chi connectivity index (χ1) is 8.62. The Morgan fingerprint density at radius 1 is 1.21 bits per heavy atom. The molecule has 1 aliphatic carbocycles. The summed E-state index contributed by atoms with van der Waals surface area (Å²) >= 11 is 2.04. The van der Waals surface area contributed by atoms with Crippen LogP contribution >= 0.6 is 22.6 Å². The van der Waals surface area contributed by atoms with Crippen molar-refractivity contribution < 1.29 is 24.2 Å². The fourth-order valence-electron chi connectivity index (χ4n) is 1.86. The van der Waals surface area contributed by atoms with Gasteiger partial charge in [0.15, 0.2) is 6.10 Å². The Kier molecular flexibility index (Phi) is 5.61. The lowest BCUT2D eigenvalue weighted by atomic mass is 9.91. The van der Waals surface area contributed by atoms with Gasteiger partial charge in [0.25, 0.3) is 0 Å². The Morgan fingerprint density at radius 2 is 1.79 bits per heavy atom. The van der Waals surface area contributed by atoms with Crippen molar-refractivity contribution in [2.24, 2.45) is 5.41 Å². The molecule has 0 amide bonds. The highest BCUT2D eigenvalue weighted by atomic mass is 127. The summed E-state index contributed by atoms with van der Waals surface area (Å²) in [4.78, 5) is 23.1. The number of rotatable bonds is 2. The molecule has 19 heavy (non-hydrogen) atoms. The second-order valence-corrected chi connectivity index (χ2v) is 7.30. The van der Waals surface area contributed by atoms with E-state index in [-0.39, 0.29) is 9.89 Å². The number of carbonyl (C=O) groups excluding carboxylic acids is 2. The maximum atomic E-state index is 11.9. The van der Waals surface area contributed by atoms with Crippen LogP contribution in [0, 0.1) is 5.41 Å². The second kappa shape index (κ2) is 6.39. The van der Waals surface area contributed by atoms with Gasteiger partial charge in [-0.1, -0.05) is 22.6 Å². The molecule has 0 aromatic carbocycles.